The summed E-state index contributed by atoms with van der Waals surface area (Å²) in [4.78, 5) is 23.4. The zero-order valence-electron chi connectivity index (χ0n) is 22.0. The number of nitrogens with zero attached hydrogens (tertiary/aromatic N) is 5. The normalized spacial score (nSPS) is 15.7. The second-order valence-electron chi connectivity index (χ2n) is 9.47. The summed E-state index contributed by atoms with van der Waals surface area (Å²) >= 11 is 0.371. The van der Waals surface area contributed by atoms with Gasteiger partial charge in [-0.25, -0.2) is 27.3 Å². The molecule has 41 heavy (non-hydrogen) atoms. The zero-order chi connectivity index (χ0) is 29.7. The van der Waals surface area contributed by atoms with Gasteiger partial charge in [0.25, 0.3) is 5.91 Å². The molecule has 4 aromatic rings. The maximum atomic E-state index is 15.3. The van der Waals surface area contributed by atoms with Gasteiger partial charge in [-0.3, -0.25) is 9.52 Å². The van der Waals surface area contributed by atoms with Gasteiger partial charge in [0.05, 0.1) is 23.3 Å². The molecule has 0 saturated heterocycles. The topological polar surface area (TPSA) is 119 Å². The number of imidazole rings is 1. The van der Waals surface area contributed by atoms with E-state index in [1.54, 1.807) is 19.9 Å². The lowest BCUT2D eigenvalue weighted by Crippen LogP contribution is -2.43. The first-order valence-electron chi connectivity index (χ1n) is 12.4. The van der Waals surface area contributed by atoms with Crippen LogP contribution in [0.2, 0.25) is 0 Å². The summed E-state index contributed by atoms with van der Waals surface area (Å²) in [6.45, 7) is 3.09. The maximum absolute atomic E-state index is 15.3. The van der Waals surface area contributed by atoms with Gasteiger partial charge in [-0.2, -0.15) is 13.2 Å². The number of nitrogens with one attached hydrogen (secondary N) is 1. The van der Waals surface area contributed by atoms with Crippen molar-refractivity contribution >= 4 is 38.0 Å². The lowest BCUT2D eigenvalue weighted by Gasteiger charge is -2.35. The van der Waals surface area contributed by atoms with E-state index in [4.69, 9.17) is 4.74 Å². The molecule has 1 aliphatic heterocycles. The Labute approximate surface area is 236 Å². The molecule has 4 heterocycles. The number of carbonyl (C=O) groups excluding carboxylic acids is 1. The van der Waals surface area contributed by atoms with Crippen LogP contribution in [0.4, 0.5) is 23.4 Å². The molecule has 0 saturated carbocycles. The summed E-state index contributed by atoms with van der Waals surface area (Å²) < 4.78 is 87.8. The number of ether oxygens (including phenoxy) is 1. The second-order valence-corrected chi connectivity index (χ2v) is 12.2. The summed E-state index contributed by atoms with van der Waals surface area (Å²) in [6.07, 6.45) is -3.12. The van der Waals surface area contributed by atoms with Gasteiger partial charge in [0.2, 0.25) is 20.0 Å². The summed E-state index contributed by atoms with van der Waals surface area (Å²) in [5.41, 5.74) is 1.72. The highest BCUT2D eigenvalue weighted by molar-refractivity contribution is 7.92. The van der Waals surface area contributed by atoms with Crippen LogP contribution in [-0.4, -0.2) is 58.2 Å². The smallest absolute Gasteiger partial charge is 0.445 e. The molecule has 0 fully saturated rings. The van der Waals surface area contributed by atoms with Crippen molar-refractivity contribution in [3.8, 4) is 5.75 Å². The number of fused-ring (bicyclic) bond motifs is 3. The molecule has 3 aromatic heterocycles. The number of amides is 1. The molecular weight excluding hydrogens is 588 g/mol. The van der Waals surface area contributed by atoms with E-state index in [0.717, 1.165) is 10.8 Å². The zero-order valence-corrected chi connectivity index (χ0v) is 23.6. The van der Waals surface area contributed by atoms with Crippen molar-refractivity contribution < 1.29 is 35.5 Å². The highest BCUT2D eigenvalue weighted by Gasteiger charge is 2.41. The van der Waals surface area contributed by atoms with E-state index < -0.39 is 45.6 Å². The van der Waals surface area contributed by atoms with Crippen molar-refractivity contribution in [3.05, 3.63) is 69.4 Å². The number of sulfonamides is 1. The first kappa shape index (κ1) is 28.7. The Hall–Kier alpha value is -3.79. The third-order valence-corrected chi connectivity index (χ3v) is 7.93. The minimum Gasteiger partial charge on any atom is -0.482 e. The van der Waals surface area contributed by atoms with Crippen molar-refractivity contribution in [2.75, 3.05) is 24.1 Å². The van der Waals surface area contributed by atoms with E-state index in [9.17, 15) is 26.4 Å². The molecule has 10 nitrogen and oxygen atoms in total. The molecule has 0 spiro atoms. The van der Waals surface area contributed by atoms with Gasteiger partial charge in [-0.15, -0.1) is 5.10 Å². The van der Waals surface area contributed by atoms with Crippen LogP contribution in [0.3, 0.4) is 0 Å². The highest BCUT2D eigenvalue weighted by atomic mass is 32.2. The number of halogens is 4. The fourth-order valence-electron chi connectivity index (χ4n) is 4.66. The Morgan fingerprint density at radius 1 is 1.22 bits per heavy atom. The van der Waals surface area contributed by atoms with E-state index in [2.05, 4.69) is 19.8 Å². The minimum atomic E-state index is -4.70. The first-order chi connectivity index (χ1) is 19.2. The predicted molar refractivity (Wildman–Crippen MR) is 142 cm³/mol. The Balaban J connectivity index is 1.49. The fourth-order valence-corrected chi connectivity index (χ4v) is 5.95. The molecule has 16 heteroatoms. The molecule has 1 amide bonds. The average Bonchev–Trinajstić information content (AvgIpc) is 3.45. The maximum Gasteiger partial charge on any atom is 0.445 e. The molecular formula is C25H24F4N6O4S2. The van der Waals surface area contributed by atoms with E-state index in [1.165, 1.54) is 29.2 Å². The van der Waals surface area contributed by atoms with Gasteiger partial charge in [-0.05, 0) is 37.1 Å². The number of carbonyl (C=O) groups is 1. The number of hydrogen-bond donors (Lipinski definition) is 1. The van der Waals surface area contributed by atoms with Crippen molar-refractivity contribution in [2.24, 2.45) is 0 Å². The molecule has 1 atom stereocenters. The number of alkyl halides is 3. The molecule has 1 unspecified atom stereocenters. The second kappa shape index (κ2) is 10.6. The van der Waals surface area contributed by atoms with Gasteiger partial charge in [0.15, 0.2) is 6.61 Å². The van der Waals surface area contributed by atoms with Crippen molar-refractivity contribution in [3.63, 3.8) is 0 Å². The summed E-state index contributed by atoms with van der Waals surface area (Å²) in [6, 6.07) is 6.19. The van der Waals surface area contributed by atoms with Gasteiger partial charge >= 0.3 is 6.18 Å². The number of rotatable bonds is 7. The van der Waals surface area contributed by atoms with Crippen molar-refractivity contribution in [1.82, 2.24) is 24.5 Å². The van der Waals surface area contributed by atoms with Crippen molar-refractivity contribution in [2.45, 2.75) is 38.9 Å². The van der Waals surface area contributed by atoms with Crippen molar-refractivity contribution in [1.29, 1.82) is 0 Å². The van der Waals surface area contributed by atoms with E-state index in [1.807, 2.05) is 0 Å². The molecule has 0 radical (unpaired) electrons. The van der Waals surface area contributed by atoms with E-state index >= 15 is 4.39 Å². The van der Waals surface area contributed by atoms with Gasteiger partial charge in [0.1, 0.15) is 23.4 Å². The SMILES string of the molecule is CCc1nc(NS(C)(=O)=O)ccc1OCC(=O)N1CCc2nc3sc(C(F)(F)F)nn3c2C1c1ccc(C)cc1F. The Morgan fingerprint density at radius 2 is 1.98 bits per heavy atom. The minimum absolute atomic E-state index is 0.00755. The molecule has 0 aliphatic carbocycles. The molecule has 1 aliphatic rings. The van der Waals surface area contributed by atoms with E-state index in [0.29, 0.717) is 34.7 Å². The van der Waals surface area contributed by atoms with Gasteiger partial charge in [-0.1, -0.05) is 30.4 Å². The van der Waals surface area contributed by atoms with Gasteiger partial charge < -0.3 is 9.64 Å². The lowest BCUT2D eigenvalue weighted by atomic mass is 9.94. The third kappa shape index (κ3) is 5.84. The Morgan fingerprint density at radius 3 is 2.63 bits per heavy atom. The quantitative estimate of drug-likeness (QED) is 0.312. The fraction of sp³-hybridized carbons (Fsp3) is 0.360. The number of hydrogen-bond acceptors (Lipinski definition) is 8. The number of pyridine rings is 1. The molecule has 1 N–H and O–H groups in total. The van der Waals surface area contributed by atoms with Crippen LogP contribution in [0.5, 0.6) is 5.75 Å². The Kier molecular flexibility index (Phi) is 7.40. The predicted octanol–water partition coefficient (Wildman–Crippen LogP) is 4.14. The number of aryl methyl sites for hydroxylation is 2. The largest absolute Gasteiger partial charge is 0.482 e. The molecule has 1 aromatic carbocycles. The average molecular weight is 613 g/mol. The molecule has 218 valence electrons. The molecule has 5 rings (SSSR count). The number of anilines is 1. The summed E-state index contributed by atoms with van der Waals surface area (Å²) in [5.74, 6) is -0.846. The van der Waals surface area contributed by atoms with Crippen LogP contribution in [0.15, 0.2) is 30.3 Å². The summed E-state index contributed by atoms with van der Waals surface area (Å²) in [7, 11) is -3.55. The van der Waals surface area contributed by atoms with Crippen LogP contribution in [0.25, 0.3) is 4.96 Å². The van der Waals surface area contributed by atoms with Crippen LogP contribution in [0, 0.1) is 12.7 Å². The van der Waals surface area contributed by atoms with Crippen LogP contribution in [-0.2, 0) is 33.8 Å². The standard InChI is InChI=1S/C25H24F4N6O4S2/c1-4-16-18(7-8-19(30-16)33-41(3,37)38)39-12-20(36)34-10-9-17-22(21(34)14-6-5-13(2)11-15(14)26)35-24(31-17)40-23(32-35)25(27,28)29/h5-8,11,21H,4,9-10,12H2,1-3H3,(H,30,33). The highest BCUT2D eigenvalue weighted by Crippen LogP contribution is 2.40. The van der Waals surface area contributed by atoms with Gasteiger partial charge in [0, 0.05) is 18.5 Å². The Bertz CT molecular complexity index is 1750. The third-order valence-electron chi connectivity index (χ3n) is 6.40. The molecule has 0 bridgehead atoms. The lowest BCUT2D eigenvalue weighted by molar-refractivity contribution is -0.138. The van der Waals surface area contributed by atoms with E-state index in [-0.39, 0.29) is 40.8 Å². The monoisotopic (exact) mass is 612 g/mol. The van der Waals surface area contributed by atoms with Crippen LogP contribution in [0.1, 0.15) is 46.2 Å². The van der Waals surface area contributed by atoms with Crippen LogP contribution >= 0.6 is 11.3 Å². The number of benzene rings is 1. The van der Waals surface area contributed by atoms with Crippen LogP contribution < -0.4 is 9.46 Å². The summed E-state index contributed by atoms with van der Waals surface area (Å²) in [5, 5.41) is 2.62. The first-order valence-corrected chi connectivity index (χ1v) is 15.1. The number of aromatic nitrogens is 4.